The molecule has 1 amide bonds. The van der Waals surface area contributed by atoms with E-state index in [2.05, 4.69) is 9.97 Å². The second-order valence-electron chi connectivity index (χ2n) is 7.08. The van der Waals surface area contributed by atoms with Crippen LogP contribution >= 0.6 is 0 Å². The largest absolute Gasteiger partial charge is 0.329 e. The normalized spacial score (nSPS) is 11.2. The highest BCUT2D eigenvalue weighted by Gasteiger charge is 2.22. The fourth-order valence-corrected chi connectivity index (χ4v) is 3.43. The van der Waals surface area contributed by atoms with Crippen molar-refractivity contribution in [2.45, 2.75) is 26.4 Å². The number of fused-ring (bicyclic) bond motifs is 2. The standard InChI is InChI=1S/C23H21N3O2/c1-15(2)26(14-21-24-20-13-6-5-11-19(20)22(27)25-21)23(28)18-12-7-9-16-8-3-4-10-17(16)18/h3-13,15H,14H2,1-2H3,(H,24,25,27). The number of hydrogen-bond donors (Lipinski definition) is 1. The Labute approximate surface area is 162 Å². The number of rotatable bonds is 4. The summed E-state index contributed by atoms with van der Waals surface area (Å²) in [7, 11) is 0. The highest BCUT2D eigenvalue weighted by Crippen LogP contribution is 2.21. The van der Waals surface area contributed by atoms with Crippen molar-refractivity contribution < 1.29 is 4.79 Å². The van der Waals surface area contributed by atoms with Gasteiger partial charge in [0.2, 0.25) is 0 Å². The number of carbonyl (C=O) groups is 1. The molecule has 28 heavy (non-hydrogen) atoms. The van der Waals surface area contributed by atoms with Gasteiger partial charge in [0.1, 0.15) is 5.82 Å². The average molecular weight is 371 g/mol. The molecule has 0 fully saturated rings. The Balaban J connectivity index is 1.73. The summed E-state index contributed by atoms with van der Waals surface area (Å²) in [5.41, 5.74) is 1.08. The zero-order chi connectivity index (χ0) is 19.7. The Kier molecular flexibility index (Phi) is 4.65. The maximum Gasteiger partial charge on any atom is 0.258 e. The average Bonchev–Trinajstić information content (AvgIpc) is 2.71. The van der Waals surface area contributed by atoms with Gasteiger partial charge in [0, 0.05) is 11.6 Å². The molecule has 0 aliphatic rings. The maximum atomic E-state index is 13.4. The van der Waals surface area contributed by atoms with E-state index in [9.17, 15) is 9.59 Å². The number of carbonyl (C=O) groups excluding carboxylic acids is 1. The van der Waals surface area contributed by atoms with Crippen LogP contribution in [0.15, 0.2) is 71.5 Å². The van der Waals surface area contributed by atoms with Crippen molar-refractivity contribution in [1.82, 2.24) is 14.9 Å². The number of amides is 1. The minimum atomic E-state index is -0.193. The fourth-order valence-electron chi connectivity index (χ4n) is 3.43. The van der Waals surface area contributed by atoms with Gasteiger partial charge >= 0.3 is 0 Å². The first kappa shape index (κ1) is 17.9. The first-order valence-corrected chi connectivity index (χ1v) is 9.31. The Morgan fingerprint density at radius 3 is 2.43 bits per heavy atom. The van der Waals surface area contributed by atoms with Gasteiger partial charge in [0.05, 0.1) is 17.4 Å². The number of H-pyrrole nitrogens is 1. The SMILES string of the molecule is CC(C)N(Cc1nc2ccccc2c(=O)[nH]1)C(=O)c1cccc2ccccc12. The number of aromatic nitrogens is 2. The zero-order valence-electron chi connectivity index (χ0n) is 15.8. The minimum absolute atomic E-state index is 0.0526. The molecule has 4 aromatic rings. The summed E-state index contributed by atoms with van der Waals surface area (Å²) < 4.78 is 0. The Morgan fingerprint density at radius 2 is 1.64 bits per heavy atom. The van der Waals surface area contributed by atoms with Crippen LogP contribution in [0.3, 0.4) is 0 Å². The summed E-state index contributed by atoms with van der Waals surface area (Å²) in [5.74, 6) is 0.397. The molecule has 5 heteroatoms. The molecule has 0 bridgehead atoms. The van der Waals surface area contributed by atoms with Gasteiger partial charge in [-0.05, 0) is 42.8 Å². The zero-order valence-corrected chi connectivity index (χ0v) is 15.8. The highest BCUT2D eigenvalue weighted by molar-refractivity contribution is 6.07. The summed E-state index contributed by atoms with van der Waals surface area (Å²) in [5, 5.41) is 2.48. The van der Waals surface area contributed by atoms with Crippen LogP contribution in [0.2, 0.25) is 0 Å². The van der Waals surface area contributed by atoms with Gasteiger partial charge in [-0.1, -0.05) is 48.5 Å². The van der Waals surface area contributed by atoms with Crippen molar-refractivity contribution >= 4 is 27.6 Å². The predicted molar refractivity (Wildman–Crippen MR) is 111 cm³/mol. The molecule has 0 saturated carbocycles. The second kappa shape index (κ2) is 7.27. The van der Waals surface area contributed by atoms with Gasteiger partial charge in [-0.25, -0.2) is 4.98 Å². The maximum absolute atomic E-state index is 13.4. The van der Waals surface area contributed by atoms with Crippen LogP contribution in [0, 0.1) is 0 Å². The summed E-state index contributed by atoms with van der Waals surface area (Å²) >= 11 is 0. The number of nitrogens with one attached hydrogen (secondary N) is 1. The number of para-hydroxylation sites is 1. The third-order valence-electron chi connectivity index (χ3n) is 4.89. The summed E-state index contributed by atoms with van der Waals surface area (Å²) in [6.45, 7) is 4.16. The van der Waals surface area contributed by atoms with Gasteiger partial charge in [0.25, 0.3) is 11.5 Å². The summed E-state index contributed by atoms with van der Waals surface area (Å²) in [4.78, 5) is 34.8. The van der Waals surface area contributed by atoms with Crippen LogP contribution in [-0.2, 0) is 6.54 Å². The number of benzene rings is 3. The fraction of sp³-hybridized carbons (Fsp3) is 0.174. The first-order chi connectivity index (χ1) is 13.5. The lowest BCUT2D eigenvalue weighted by Gasteiger charge is -2.27. The minimum Gasteiger partial charge on any atom is -0.329 e. The van der Waals surface area contributed by atoms with Crippen molar-refractivity contribution in [2.75, 3.05) is 0 Å². The third-order valence-corrected chi connectivity index (χ3v) is 4.89. The third kappa shape index (κ3) is 3.27. The van der Waals surface area contributed by atoms with Crippen molar-refractivity contribution in [2.24, 2.45) is 0 Å². The van der Waals surface area contributed by atoms with Crippen LogP contribution in [0.5, 0.6) is 0 Å². The van der Waals surface area contributed by atoms with E-state index in [0.717, 1.165) is 10.8 Å². The monoisotopic (exact) mass is 371 g/mol. The van der Waals surface area contributed by atoms with E-state index in [-0.39, 0.29) is 24.1 Å². The van der Waals surface area contributed by atoms with Gasteiger partial charge in [0.15, 0.2) is 0 Å². The second-order valence-corrected chi connectivity index (χ2v) is 7.08. The Hall–Kier alpha value is -3.47. The van der Waals surface area contributed by atoms with Gasteiger partial charge < -0.3 is 9.88 Å². The van der Waals surface area contributed by atoms with Crippen molar-refractivity contribution in [3.63, 3.8) is 0 Å². The smallest absolute Gasteiger partial charge is 0.258 e. The number of hydrogen-bond acceptors (Lipinski definition) is 3. The topological polar surface area (TPSA) is 66.1 Å². The van der Waals surface area contributed by atoms with Crippen molar-refractivity contribution in [1.29, 1.82) is 0 Å². The lowest BCUT2D eigenvalue weighted by atomic mass is 10.0. The highest BCUT2D eigenvalue weighted by atomic mass is 16.2. The molecular weight excluding hydrogens is 350 g/mol. The first-order valence-electron chi connectivity index (χ1n) is 9.31. The molecule has 0 atom stereocenters. The van der Waals surface area contributed by atoms with E-state index in [0.29, 0.717) is 22.3 Å². The molecule has 0 aliphatic carbocycles. The molecule has 1 heterocycles. The molecule has 0 aliphatic heterocycles. The molecule has 1 aromatic heterocycles. The molecule has 5 nitrogen and oxygen atoms in total. The van der Waals surface area contributed by atoms with Gasteiger partial charge in [-0.3, -0.25) is 9.59 Å². The van der Waals surface area contributed by atoms with Gasteiger partial charge in [-0.2, -0.15) is 0 Å². The predicted octanol–water partition coefficient (Wildman–Crippen LogP) is 4.13. The quantitative estimate of drug-likeness (QED) is 0.587. The summed E-state index contributed by atoms with van der Waals surface area (Å²) in [6, 6.07) is 20.7. The van der Waals surface area contributed by atoms with Crippen molar-refractivity contribution in [3.8, 4) is 0 Å². The van der Waals surface area contributed by atoms with Crippen LogP contribution < -0.4 is 5.56 Å². The van der Waals surface area contributed by atoms with Crippen LogP contribution in [-0.4, -0.2) is 26.8 Å². The number of nitrogens with zero attached hydrogens (tertiary/aromatic N) is 2. The molecule has 0 unspecified atom stereocenters. The van der Waals surface area contributed by atoms with E-state index in [1.807, 2.05) is 68.4 Å². The molecule has 0 spiro atoms. The molecule has 4 rings (SSSR count). The number of aromatic amines is 1. The molecule has 3 aromatic carbocycles. The van der Waals surface area contributed by atoms with Crippen molar-refractivity contribution in [3.05, 3.63) is 88.5 Å². The molecule has 1 N–H and O–H groups in total. The molecule has 140 valence electrons. The lowest BCUT2D eigenvalue weighted by molar-refractivity contribution is 0.0687. The summed E-state index contributed by atoms with van der Waals surface area (Å²) in [6.07, 6.45) is 0. The van der Waals surface area contributed by atoms with E-state index in [1.54, 1.807) is 17.0 Å². The Morgan fingerprint density at radius 1 is 0.964 bits per heavy atom. The van der Waals surface area contributed by atoms with E-state index >= 15 is 0 Å². The van der Waals surface area contributed by atoms with Crippen LogP contribution in [0.25, 0.3) is 21.7 Å². The van der Waals surface area contributed by atoms with E-state index < -0.39 is 0 Å². The van der Waals surface area contributed by atoms with Crippen LogP contribution in [0.4, 0.5) is 0 Å². The molecular formula is C23H21N3O2. The van der Waals surface area contributed by atoms with E-state index in [4.69, 9.17) is 0 Å². The van der Waals surface area contributed by atoms with E-state index in [1.165, 1.54) is 0 Å². The van der Waals surface area contributed by atoms with Gasteiger partial charge in [-0.15, -0.1) is 0 Å². The molecule has 0 saturated heterocycles. The lowest BCUT2D eigenvalue weighted by Crippen LogP contribution is -2.37. The molecule has 0 radical (unpaired) electrons. The Bertz CT molecular complexity index is 1220. The van der Waals surface area contributed by atoms with Crippen LogP contribution in [0.1, 0.15) is 30.0 Å².